The number of aryl methyl sites for hydroxylation is 2. The molecule has 1 aromatic heterocycles. The van der Waals surface area contributed by atoms with Crippen LogP contribution in [0.3, 0.4) is 0 Å². The number of rotatable bonds is 4. The fraction of sp³-hybridized carbons (Fsp3) is 0.692. The van der Waals surface area contributed by atoms with Crippen molar-refractivity contribution in [2.75, 3.05) is 0 Å². The molecule has 2 N–H and O–H groups in total. The van der Waals surface area contributed by atoms with Crippen molar-refractivity contribution in [3.8, 4) is 0 Å². The number of ketones is 1. The summed E-state index contributed by atoms with van der Waals surface area (Å²) >= 11 is 3.53. The van der Waals surface area contributed by atoms with E-state index in [2.05, 4.69) is 21.0 Å². The van der Waals surface area contributed by atoms with Crippen LogP contribution in [0, 0.1) is 12.8 Å². The van der Waals surface area contributed by atoms with Crippen molar-refractivity contribution < 1.29 is 4.79 Å². The maximum absolute atomic E-state index is 12.3. The first-order chi connectivity index (χ1) is 8.54. The largest absolute Gasteiger partial charge is 0.327 e. The third kappa shape index (κ3) is 2.52. The lowest BCUT2D eigenvalue weighted by Crippen LogP contribution is -2.32. The van der Waals surface area contributed by atoms with Crippen molar-refractivity contribution in [3.63, 3.8) is 0 Å². The standard InChI is InChI=1S/C13H20BrN3O/c1-3-17-11(13(14)8(2)16-17)7-12(18)9-5-4-6-10(9)15/h9-10H,3-7,15H2,1-2H3. The van der Waals surface area contributed by atoms with E-state index in [0.717, 1.165) is 41.7 Å². The lowest BCUT2D eigenvalue weighted by Gasteiger charge is -2.14. The van der Waals surface area contributed by atoms with Gasteiger partial charge in [-0.2, -0.15) is 5.10 Å². The van der Waals surface area contributed by atoms with Crippen molar-refractivity contribution in [2.24, 2.45) is 11.7 Å². The summed E-state index contributed by atoms with van der Waals surface area (Å²) in [6.07, 6.45) is 3.43. The van der Waals surface area contributed by atoms with Gasteiger partial charge >= 0.3 is 0 Å². The van der Waals surface area contributed by atoms with Gasteiger partial charge in [0, 0.05) is 24.9 Å². The second kappa shape index (κ2) is 5.53. The molecule has 0 saturated heterocycles. The molecule has 0 spiro atoms. The van der Waals surface area contributed by atoms with E-state index in [9.17, 15) is 4.79 Å². The van der Waals surface area contributed by atoms with Gasteiger partial charge in [0.2, 0.25) is 0 Å². The topological polar surface area (TPSA) is 60.9 Å². The summed E-state index contributed by atoms with van der Waals surface area (Å²) in [5, 5.41) is 4.41. The van der Waals surface area contributed by atoms with Gasteiger partial charge in [0.1, 0.15) is 5.78 Å². The predicted octanol–water partition coefficient (Wildman–Crippen LogP) is 2.21. The minimum Gasteiger partial charge on any atom is -0.327 e. The second-order valence-electron chi connectivity index (χ2n) is 5.01. The minimum absolute atomic E-state index is 0.0393. The van der Waals surface area contributed by atoms with Gasteiger partial charge in [0.05, 0.1) is 15.9 Å². The van der Waals surface area contributed by atoms with E-state index >= 15 is 0 Å². The summed E-state index contributed by atoms with van der Waals surface area (Å²) in [5.41, 5.74) is 7.92. The first kappa shape index (κ1) is 13.7. The molecule has 1 aliphatic rings. The molecule has 100 valence electrons. The average molecular weight is 314 g/mol. The van der Waals surface area contributed by atoms with Gasteiger partial charge in [-0.05, 0) is 42.6 Å². The van der Waals surface area contributed by atoms with Crippen LogP contribution in [0.5, 0.6) is 0 Å². The molecule has 0 aromatic carbocycles. The normalized spacial score (nSPS) is 23.6. The van der Waals surface area contributed by atoms with Gasteiger partial charge < -0.3 is 5.73 Å². The molecule has 0 amide bonds. The molecule has 2 unspecified atom stereocenters. The van der Waals surface area contributed by atoms with Crippen LogP contribution in [0.25, 0.3) is 0 Å². The predicted molar refractivity (Wildman–Crippen MR) is 74.4 cm³/mol. The number of hydrogen-bond acceptors (Lipinski definition) is 3. The molecule has 0 radical (unpaired) electrons. The highest BCUT2D eigenvalue weighted by Gasteiger charge is 2.31. The molecule has 0 bridgehead atoms. The highest BCUT2D eigenvalue weighted by molar-refractivity contribution is 9.10. The zero-order chi connectivity index (χ0) is 13.3. The lowest BCUT2D eigenvalue weighted by molar-refractivity contribution is -0.122. The lowest BCUT2D eigenvalue weighted by atomic mass is 9.95. The maximum Gasteiger partial charge on any atom is 0.143 e. The van der Waals surface area contributed by atoms with Gasteiger partial charge in [-0.1, -0.05) is 6.42 Å². The number of aromatic nitrogens is 2. The zero-order valence-electron chi connectivity index (χ0n) is 10.9. The van der Waals surface area contributed by atoms with E-state index in [0.29, 0.717) is 6.42 Å². The molecule has 2 rings (SSSR count). The molecule has 1 aromatic rings. The molecule has 2 atom stereocenters. The molecular formula is C13H20BrN3O. The van der Waals surface area contributed by atoms with Crippen molar-refractivity contribution in [2.45, 2.75) is 52.1 Å². The van der Waals surface area contributed by atoms with Crippen LogP contribution in [0.15, 0.2) is 4.47 Å². The number of nitrogens with two attached hydrogens (primary N) is 1. The van der Waals surface area contributed by atoms with E-state index < -0.39 is 0 Å². The Morgan fingerprint density at radius 2 is 2.28 bits per heavy atom. The monoisotopic (exact) mass is 313 g/mol. The summed E-state index contributed by atoms with van der Waals surface area (Å²) in [7, 11) is 0. The first-order valence-electron chi connectivity index (χ1n) is 6.54. The Bertz CT molecular complexity index is 455. The molecule has 1 heterocycles. The van der Waals surface area contributed by atoms with Crippen LogP contribution in [0.1, 0.15) is 37.6 Å². The van der Waals surface area contributed by atoms with Crippen molar-refractivity contribution in [1.29, 1.82) is 0 Å². The minimum atomic E-state index is 0.0393. The van der Waals surface area contributed by atoms with E-state index in [4.69, 9.17) is 5.73 Å². The van der Waals surface area contributed by atoms with Crippen LogP contribution >= 0.6 is 15.9 Å². The van der Waals surface area contributed by atoms with Gasteiger partial charge in [0.15, 0.2) is 0 Å². The summed E-state index contributed by atoms with van der Waals surface area (Å²) in [6.45, 7) is 4.77. The quantitative estimate of drug-likeness (QED) is 0.927. The molecule has 1 saturated carbocycles. The molecule has 18 heavy (non-hydrogen) atoms. The van der Waals surface area contributed by atoms with Crippen molar-refractivity contribution in [3.05, 3.63) is 15.9 Å². The Labute approximate surface area is 116 Å². The molecule has 1 fully saturated rings. The average Bonchev–Trinajstić information content (AvgIpc) is 2.87. The SMILES string of the molecule is CCn1nc(C)c(Br)c1CC(=O)C1CCCC1N. The summed E-state index contributed by atoms with van der Waals surface area (Å²) in [6, 6.07) is 0.0513. The summed E-state index contributed by atoms with van der Waals surface area (Å²) < 4.78 is 2.86. The van der Waals surface area contributed by atoms with E-state index in [-0.39, 0.29) is 17.7 Å². The fourth-order valence-corrected chi connectivity index (χ4v) is 3.15. The fourth-order valence-electron chi connectivity index (χ4n) is 2.72. The summed E-state index contributed by atoms with van der Waals surface area (Å²) in [5.74, 6) is 0.299. The maximum atomic E-state index is 12.3. The van der Waals surface area contributed by atoms with E-state index in [1.807, 2.05) is 18.5 Å². The number of halogens is 1. The van der Waals surface area contributed by atoms with Gasteiger partial charge in [0.25, 0.3) is 0 Å². The highest BCUT2D eigenvalue weighted by Crippen LogP contribution is 2.28. The number of carbonyl (C=O) groups excluding carboxylic acids is 1. The summed E-state index contributed by atoms with van der Waals surface area (Å²) in [4.78, 5) is 12.3. The van der Waals surface area contributed by atoms with Crippen molar-refractivity contribution >= 4 is 21.7 Å². The second-order valence-corrected chi connectivity index (χ2v) is 5.80. The Hall–Kier alpha value is -0.680. The van der Waals surface area contributed by atoms with Crippen molar-refractivity contribution in [1.82, 2.24) is 9.78 Å². The number of Topliss-reactive ketones (excluding diaryl/α,β-unsaturated/α-hetero) is 1. The first-order valence-corrected chi connectivity index (χ1v) is 7.34. The van der Waals surface area contributed by atoms with Crippen LogP contribution in [0.4, 0.5) is 0 Å². The third-order valence-corrected chi connectivity index (χ3v) is 4.81. The molecular weight excluding hydrogens is 294 g/mol. The zero-order valence-corrected chi connectivity index (χ0v) is 12.5. The molecule has 1 aliphatic carbocycles. The molecule has 0 aliphatic heterocycles. The Kier molecular flexibility index (Phi) is 4.22. The van der Waals surface area contributed by atoms with E-state index in [1.165, 1.54) is 0 Å². The van der Waals surface area contributed by atoms with Gasteiger partial charge in [-0.15, -0.1) is 0 Å². The Morgan fingerprint density at radius 3 is 2.83 bits per heavy atom. The number of carbonyl (C=O) groups is 1. The van der Waals surface area contributed by atoms with E-state index in [1.54, 1.807) is 0 Å². The number of nitrogens with zero attached hydrogens (tertiary/aromatic N) is 2. The molecule has 5 heteroatoms. The van der Waals surface area contributed by atoms with Crippen LogP contribution in [0.2, 0.25) is 0 Å². The molecule has 4 nitrogen and oxygen atoms in total. The Balaban J connectivity index is 2.16. The van der Waals surface area contributed by atoms with Gasteiger partial charge in [-0.3, -0.25) is 9.48 Å². The van der Waals surface area contributed by atoms with Crippen LogP contribution < -0.4 is 5.73 Å². The highest BCUT2D eigenvalue weighted by atomic mass is 79.9. The third-order valence-electron chi connectivity index (χ3n) is 3.78. The van der Waals surface area contributed by atoms with Gasteiger partial charge in [-0.25, -0.2) is 0 Å². The Morgan fingerprint density at radius 1 is 1.56 bits per heavy atom. The smallest absolute Gasteiger partial charge is 0.143 e. The van der Waals surface area contributed by atoms with Crippen LogP contribution in [-0.2, 0) is 17.8 Å². The van der Waals surface area contributed by atoms with Crippen LogP contribution in [-0.4, -0.2) is 21.6 Å². The number of hydrogen-bond donors (Lipinski definition) is 1.